The van der Waals surface area contributed by atoms with E-state index in [2.05, 4.69) is 0 Å². The van der Waals surface area contributed by atoms with Crippen molar-refractivity contribution in [2.24, 2.45) is 0 Å². The van der Waals surface area contributed by atoms with Gasteiger partial charge in [-0.1, -0.05) is 41.4 Å². The molecule has 0 spiro atoms. The normalized spacial score (nSPS) is 10.4. The van der Waals surface area contributed by atoms with E-state index in [4.69, 9.17) is 28.9 Å². The highest BCUT2D eigenvalue weighted by Gasteiger charge is 2.10. The van der Waals surface area contributed by atoms with Gasteiger partial charge in [-0.3, -0.25) is 0 Å². The predicted octanol–water partition coefficient (Wildman–Crippen LogP) is 4.38. The van der Waals surface area contributed by atoms with E-state index >= 15 is 0 Å². The van der Waals surface area contributed by atoms with Crippen LogP contribution >= 0.6 is 23.2 Å². The van der Waals surface area contributed by atoms with E-state index in [0.29, 0.717) is 21.2 Å². The number of hydrogen-bond acceptors (Lipinski definition) is 1. The standard InChI is InChI=1S/C12H8Cl2FN/c13-7-4-5-8(10(14)6-7)9-2-1-3-11(15)12(9)16/h1-6H,16H2. The molecule has 0 aliphatic carbocycles. The van der Waals surface area contributed by atoms with Crippen LogP contribution < -0.4 is 5.73 Å². The summed E-state index contributed by atoms with van der Waals surface area (Å²) < 4.78 is 13.3. The Kier molecular flexibility index (Phi) is 3.03. The topological polar surface area (TPSA) is 26.0 Å². The van der Waals surface area contributed by atoms with Gasteiger partial charge >= 0.3 is 0 Å². The molecule has 2 N–H and O–H groups in total. The van der Waals surface area contributed by atoms with Crippen molar-refractivity contribution in [1.29, 1.82) is 0 Å². The Morgan fingerprint density at radius 1 is 1.00 bits per heavy atom. The zero-order valence-electron chi connectivity index (χ0n) is 8.18. The summed E-state index contributed by atoms with van der Waals surface area (Å²) in [6.45, 7) is 0. The largest absolute Gasteiger partial charge is 0.396 e. The van der Waals surface area contributed by atoms with E-state index in [1.54, 1.807) is 30.3 Å². The molecule has 0 heterocycles. The Morgan fingerprint density at radius 2 is 1.75 bits per heavy atom. The van der Waals surface area contributed by atoms with Crippen LogP contribution in [-0.2, 0) is 0 Å². The molecule has 0 aliphatic heterocycles. The zero-order valence-corrected chi connectivity index (χ0v) is 9.69. The molecule has 0 amide bonds. The Bertz CT molecular complexity index is 541. The molecule has 0 saturated carbocycles. The summed E-state index contributed by atoms with van der Waals surface area (Å²) in [4.78, 5) is 0. The second kappa shape index (κ2) is 4.32. The van der Waals surface area contributed by atoms with E-state index in [-0.39, 0.29) is 5.69 Å². The van der Waals surface area contributed by atoms with Crippen LogP contribution in [0.4, 0.5) is 10.1 Å². The number of anilines is 1. The van der Waals surface area contributed by atoms with Gasteiger partial charge in [-0.2, -0.15) is 0 Å². The second-order valence-electron chi connectivity index (χ2n) is 3.33. The molecule has 0 radical (unpaired) electrons. The second-order valence-corrected chi connectivity index (χ2v) is 4.17. The Hall–Kier alpha value is -1.25. The Labute approximate surface area is 103 Å². The van der Waals surface area contributed by atoms with Gasteiger partial charge in [0.25, 0.3) is 0 Å². The highest BCUT2D eigenvalue weighted by Crippen LogP contribution is 2.34. The number of halogens is 3. The van der Waals surface area contributed by atoms with Crippen molar-refractivity contribution < 1.29 is 4.39 Å². The highest BCUT2D eigenvalue weighted by atomic mass is 35.5. The summed E-state index contributed by atoms with van der Waals surface area (Å²) in [5, 5.41) is 0.980. The average Bonchev–Trinajstić information content (AvgIpc) is 2.23. The molecule has 2 aromatic carbocycles. The zero-order chi connectivity index (χ0) is 11.7. The quantitative estimate of drug-likeness (QED) is 0.752. The van der Waals surface area contributed by atoms with Crippen LogP contribution in [-0.4, -0.2) is 0 Å². The number of para-hydroxylation sites is 1. The predicted molar refractivity (Wildman–Crippen MR) is 66.3 cm³/mol. The fourth-order valence-corrected chi connectivity index (χ4v) is 1.99. The van der Waals surface area contributed by atoms with E-state index in [9.17, 15) is 4.39 Å². The van der Waals surface area contributed by atoms with Crippen LogP contribution in [0.3, 0.4) is 0 Å². The third kappa shape index (κ3) is 1.99. The van der Waals surface area contributed by atoms with E-state index in [1.165, 1.54) is 6.07 Å². The molecule has 0 unspecified atom stereocenters. The van der Waals surface area contributed by atoms with Gasteiger partial charge in [-0.25, -0.2) is 4.39 Å². The van der Waals surface area contributed by atoms with Gasteiger partial charge in [-0.15, -0.1) is 0 Å². The smallest absolute Gasteiger partial charge is 0.146 e. The van der Waals surface area contributed by atoms with Gasteiger partial charge in [0.1, 0.15) is 5.82 Å². The van der Waals surface area contributed by atoms with Crippen molar-refractivity contribution in [2.75, 3.05) is 5.73 Å². The molecule has 0 aromatic heterocycles. The van der Waals surface area contributed by atoms with E-state index in [1.807, 2.05) is 0 Å². The first-order valence-electron chi connectivity index (χ1n) is 4.59. The molecule has 16 heavy (non-hydrogen) atoms. The molecule has 0 fully saturated rings. The maximum absolute atomic E-state index is 13.3. The first kappa shape index (κ1) is 11.2. The van der Waals surface area contributed by atoms with Crippen molar-refractivity contribution in [3.63, 3.8) is 0 Å². The monoisotopic (exact) mass is 255 g/mol. The number of nitrogens with two attached hydrogens (primary N) is 1. The summed E-state index contributed by atoms with van der Waals surface area (Å²) >= 11 is 11.8. The van der Waals surface area contributed by atoms with Crippen molar-refractivity contribution in [2.45, 2.75) is 0 Å². The molecule has 0 bridgehead atoms. The number of nitrogen functional groups attached to an aromatic ring is 1. The molecule has 0 atom stereocenters. The lowest BCUT2D eigenvalue weighted by molar-refractivity contribution is 0.633. The lowest BCUT2D eigenvalue weighted by Gasteiger charge is -2.08. The molecule has 1 nitrogen and oxygen atoms in total. The summed E-state index contributed by atoms with van der Waals surface area (Å²) in [5.41, 5.74) is 6.98. The van der Waals surface area contributed by atoms with Gasteiger partial charge in [-0.05, 0) is 18.2 Å². The van der Waals surface area contributed by atoms with Crippen LogP contribution in [0.15, 0.2) is 36.4 Å². The van der Waals surface area contributed by atoms with Gasteiger partial charge in [0, 0.05) is 21.2 Å². The molecular formula is C12H8Cl2FN. The molecule has 4 heteroatoms. The van der Waals surface area contributed by atoms with Crippen molar-refractivity contribution in [3.05, 3.63) is 52.3 Å². The average molecular weight is 256 g/mol. The Morgan fingerprint density at radius 3 is 2.44 bits per heavy atom. The molecular weight excluding hydrogens is 248 g/mol. The number of benzene rings is 2. The fourth-order valence-electron chi connectivity index (χ4n) is 1.48. The Balaban J connectivity index is 2.63. The minimum atomic E-state index is -0.455. The van der Waals surface area contributed by atoms with Crippen LogP contribution in [0.25, 0.3) is 11.1 Å². The SMILES string of the molecule is Nc1c(F)cccc1-c1ccc(Cl)cc1Cl. The maximum Gasteiger partial charge on any atom is 0.146 e. The first-order valence-corrected chi connectivity index (χ1v) is 5.34. The molecule has 2 aromatic rings. The number of hydrogen-bond donors (Lipinski definition) is 1. The number of rotatable bonds is 1. The van der Waals surface area contributed by atoms with Gasteiger partial charge in [0.15, 0.2) is 0 Å². The molecule has 2 rings (SSSR count). The minimum absolute atomic E-state index is 0.0896. The van der Waals surface area contributed by atoms with Crippen molar-refractivity contribution in [3.8, 4) is 11.1 Å². The third-order valence-corrected chi connectivity index (χ3v) is 2.82. The summed E-state index contributed by atoms with van der Waals surface area (Å²) in [7, 11) is 0. The van der Waals surface area contributed by atoms with Gasteiger partial charge in [0.2, 0.25) is 0 Å². The summed E-state index contributed by atoms with van der Waals surface area (Å²) in [6.07, 6.45) is 0. The van der Waals surface area contributed by atoms with Crippen LogP contribution in [0.1, 0.15) is 0 Å². The summed E-state index contributed by atoms with van der Waals surface area (Å²) in [5.74, 6) is -0.455. The highest BCUT2D eigenvalue weighted by molar-refractivity contribution is 6.36. The van der Waals surface area contributed by atoms with Crippen molar-refractivity contribution >= 4 is 28.9 Å². The summed E-state index contributed by atoms with van der Waals surface area (Å²) in [6, 6.07) is 9.62. The van der Waals surface area contributed by atoms with E-state index in [0.717, 1.165) is 0 Å². The molecule has 0 aliphatic rings. The maximum atomic E-state index is 13.3. The van der Waals surface area contributed by atoms with Gasteiger partial charge in [0.05, 0.1) is 5.69 Å². The van der Waals surface area contributed by atoms with Crippen molar-refractivity contribution in [1.82, 2.24) is 0 Å². The minimum Gasteiger partial charge on any atom is -0.396 e. The lowest BCUT2D eigenvalue weighted by Crippen LogP contribution is -1.94. The first-order chi connectivity index (χ1) is 7.59. The third-order valence-electron chi connectivity index (χ3n) is 2.27. The molecule has 0 saturated heterocycles. The lowest BCUT2D eigenvalue weighted by atomic mass is 10.0. The van der Waals surface area contributed by atoms with Crippen LogP contribution in [0, 0.1) is 5.82 Å². The van der Waals surface area contributed by atoms with E-state index < -0.39 is 5.82 Å². The molecule has 82 valence electrons. The van der Waals surface area contributed by atoms with Gasteiger partial charge < -0.3 is 5.73 Å². The van der Waals surface area contributed by atoms with Crippen LogP contribution in [0.2, 0.25) is 10.0 Å². The van der Waals surface area contributed by atoms with Crippen LogP contribution in [0.5, 0.6) is 0 Å². The fraction of sp³-hybridized carbons (Fsp3) is 0.